The third kappa shape index (κ3) is 4.32. The van der Waals surface area contributed by atoms with Crippen molar-refractivity contribution in [3.05, 3.63) is 54.1 Å². The van der Waals surface area contributed by atoms with Gasteiger partial charge in [0.15, 0.2) is 0 Å². The van der Waals surface area contributed by atoms with E-state index in [1.807, 2.05) is 6.07 Å². The maximum absolute atomic E-state index is 12.7. The molecular weight excluding hydrogens is 406 g/mol. The van der Waals surface area contributed by atoms with Gasteiger partial charge in [-0.3, -0.25) is 0 Å². The molecular formula is C18H17NO5S3. The minimum absolute atomic E-state index is 0.109. The van der Waals surface area contributed by atoms with E-state index in [1.165, 1.54) is 59.9 Å². The highest BCUT2D eigenvalue weighted by Gasteiger charge is 2.37. The largest absolute Gasteiger partial charge is 0.389 e. The molecule has 0 saturated carbocycles. The van der Waals surface area contributed by atoms with Gasteiger partial charge in [0.2, 0.25) is 9.84 Å². The van der Waals surface area contributed by atoms with Crippen LogP contribution >= 0.6 is 23.5 Å². The van der Waals surface area contributed by atoms with Crippen LogP contribution in [-0.4, -0.2) is 52.4 Å². The topological polar surface area (TPSA) is 119 Å². The third-order valence-electron chi connectivity index (χ3n) is 4.13. The molecule has 27 heavy (non-hydrogen) atoms. The minimum atomic E-state index is -3.69. The Bertz CT molecular complexity index is 938. The van der Waals surface area contributed by atoms with E-state index >= 15 is 0 Å². The fourth-order valence-corrected chi connectivity index (χ4v) is 6.47. The van der Waals surface area contributed by atoms with E-state index in [4.69, 9.17) is 5.26 Å². The standard InChI is InChI=1S/C18H17NO5S3/c19-9-11-1-5-13(6-2-11)27(23,24)14-7-3-12(4-8-14)26-18-17(22)16(21)15(20)10-25-18/h1-8,15-18,20-22H,10H2/t15-,16+,17-,18+/m1/s1. The Kier molecular flexibility index (Phi) is 6.15. The highest BCUT2D eigenvalue weighted by molar-refractivity contribution is 8.17. The second-order valence-electron chi connectivity index (χ2n) is 5.98. The first-order valence-corrected chi connectivity index (χ1v) is 11.4. The van der Waals surface area contributed by atoms with E-state index in [1.54, 1.807) is 12.1 Å². The summed E-state index contributed by atoms with van der Waals surface area (Å²) in [5.41, 5.74) is 0.386. The molecule has 4 atom stereocenters. The Labute approximate surface area is 165 Å². The second kappa shape index (κ2) is 8.22. The molecule has 0 unspecified atom stereocenters. The Balaban J connectivity index is 1.75. The maximum Gasteiger partial charge on any atom is 0.206 e. The SMILES string of the molecule is N#Cc1ccc(S(=O)(=O)c2ccc(S[C@@H]3SC[C@@H](O)[C@H](O)[C@H]3O)cc2)cc1. The van der Waals surface area contributed by atoms with E-state index in [0.717, 1.165) is 4.90 Å². The summed E-state index contributed by atoms with van der Waals surface area (Å²) in [6, 6.07) is 13.9. The van der Waals surface area contributed by atoms with E-state index in [-0.39, 0.29) is 14.4 Å². The van der Waals surface area contributed by atoms with Crippen LogP contribution in [0.1, 0.15) is 5.56 Å². The molecule has 3 N–H and O–H groups in total. The fraction of sp³-hybridized carbons (Fsp3) is 0.278. The van der Waals surface area contributed by atoms with Crippen LogP contribution < -0.4 is 0 Å². The summed E-state index contributed by atoms with van der Waals surface area (Å²) in [7, 11) is -3.69. The van der Waals surface area contributed by atoms with Gasteiger partial charge in [-0.25, -0.2) is 8.42 Å². The number of sulfone groups is 1. The zero-order valence-corrected chi connectivity index (χ0v) is 16.4. The lowest BCUT2D eigenvalue weighted by Crippen LogP contribution is -2.47. The molecule has 6 nitrogen and oxygen atoms in total. The zero-order valence-electron chi connectivity index (χ0n) is 14.0. The minimum Gasteiger partial charge on any atom is -0.389 e. The van der Waals surface area contributed by atoms with Crippen molar-refractivity contribution in [2.24, 2.45) is 0 Å². The van der Waals surface area contributed by atoms with Gasteiger partial charge >= 0.3 is 0 Å². The number of thioether (sulfide) groups is 2. The number of rotatable bonds is 4. The Morgan fingerprint density at radius 3 is 2.07 bits per heavy atom. The van der Waals surface area contributed by atoms with Crippen LogP contribution in [0.15, 0.2) is 63.2 Å². The molecule has 9 heteroatoms. The van der Waals surface area contributed by atoms with Crippen molar-refractivity contribution in [2.45, 2.75) is 37.6 Å². The summed E-state index contributed by atoms with van der Waals surface area (Å²) in [4.78, 5) is 0.982. The number of nitrogens with zero attached hydrogens (tertiary/aromatic N) is 1. The van der Waals surface area contributed by atoms with Gasteiger partial charge in [0.1, 0.15) is 12.2 Å². The first kappa shape index (κ1) is 20.2. The van der Waals surface area contributed by atoms with Crippen molar-refractivity contribution in [2.75, 3.05) is 5.75 Å². The third-order valence-corrected chi connectivity index (χ3v) is 8.81. The molecule has 1 aliphatic heterocycles. The number of hydrogen-bond acceptors (Lipinski definition) is 8. The van der Waals surface area contributed by atoms with Gasteiger partial charge in [0.05, 0.1) is 32.1 Å². The number of hydrogen-bond donors (Lipinski definition) is 3. The van der Waals surface area contributed by atoms with Gasteiger partial charge in [-0.05, 0) is 48.5 Å². The number of nitriles is 1. The lowest BCUT2D eigenvalue weighted by molar-refractivity contribution is -0.0474. The van der Waals surface area contributed by atoms with Crippen LogP contribution in [0.2, 0.25) is 0 Å². The fourth-order valence-electron chi connectivity index (χ4n) is 2.56. The van der Waals surface area contributed by atoms with E-state index < -0.39 is 28.1 Å². The number of benzene rings is 2. The molecule has 0 aromatic heterocycles. The van der Waals surface area contributed by atoms with Gasteiger partial charge < -0.3 is 15.3 Å². The van der Waals surface area contributed by atoms with E-state index in [0.29, 0.717) is 11.3 Å². The summed E-state index contributed by atoms with van der Waals surface area (Å²) in [5, 5.41) is 38.2. The van der Waals surface area contributed by atoms with Crippen LogP contribution in [0.25, 0.3) is 0 Å². The molecule has 2 aromatic rings. The summed E-state index contributed by atoms with van der Waals surface area (Å²) in [6.07, 6.45) is -3.23. The molecule has 0 radical (unpaired) electrons. The number of aliphatic hydroxyl groups is 3. The summed E-state index contributed by atoms with van der Waals surface area (Å²) < 4.78 is 25.0. The summed E-state index contributed by atoms with van der Waals surface area (Å²) in [6.45, 7) is 0. The maximum atomic E-state index is 12.7. The van der Waals surface area contributed by atoms with Crippen molar-refractivity contribution < 1.29 is 23.7 Å². The molecule has 1 heterocycles. The summed E-state index contributed by atoms with van der Waals surface area (Å²) in [5.74, 6) is 0.320. The van der Waals surface area contributed by atoms with E-state index in [2.05, 4.69) is 0 Å². The smallest absolute Gasteiger partial charge is 0.206 e. The van der Waals surface area contributed by atoms with Gasteiger partial charge in [-0.15, -0.1) is 23.5 Å². The van der Waals surface area contributed by atoms with Crippen LogP contribution in [0.3, 0.4) is 0 Å². The van der Waals surface area contributed by atoms with Crippen LogP contribution in [0, 0.1) is 11.3 Å². The molecule has 0 bridgehead atoms. The van der Waals surface area contributed by atoms with E-state index in [9.17, 15) is 23.7 Å². The van der Waals surface area contributed by atoms with Crippen molar-refractivity contribution in [1.82, 2.24) is 0 Å². The molecule has 1 aliphatic rings. The highest BCUT2D eigenvalue weighted by Crippen LogP contribution is 2.38. The highest BCUT2D eigenvalue weighted by atomic mass is 32.2. The first-order chi connectivity index (χ1) is 12.8. The first-order valence-electron chi connectivity index (χ1n) is 8.00. The molecule has 0 spiro atoms. The van der Waals surface area contributed by atoms with Gasteiger partial charge in [-0.2, -0.15) is 5.26 Å². The lowest BCUT2D eigenvalue weighted by atomic mass is 10.1. The molecule has 2 aromatic carbocycles. The average Bonchev–Trinajstić information content (AvgIpc) is 2.69. The van der Waals surface area contributed by atoms with Crippen molar-refractivity contribution in [3.8, 4) is 6.07 Å². The average molecular weight is 424 g/mol. The van der Waals surface area contributed by atoms with Gasteiger partial charge in [0, 0.05) is 10.6 Å². The monoisotopic (exact) mass is 423 g/mol. The summed E-state index contributed by atoms with van der Waals surface area (Å²) >= 11 is 2.66. The molecule has 0 aliphatic carbocycles. The Morgan fingerprint density at radius 2 is 1.52 bits per heavy atom. The lowest BCUT2D eigenvalue weighted by Gasteiger charge is -2.34. The normalized spacial score (nSPS) is 25.7. The van der Waals surface area contributed by atoms with Crippen LogP contribution in [0.5, 0.6) is 0 Å². The van der Waals surface area contributed by atoms with Crippen LogP contribution in [-0.2, 0) is 9.84 Å². The van der Waals surface area contributed by atoms with Crippen molar-refractivity contribution in [3.63, 3.8) is 0 Å². The van der Waals surface area contributed by atoms with Gasteiger partial charge in [-0.1, -0.05) is 0 Å². The molecule has 142 valence electrons. The Morgan fingerprint density at radius 1 is 0.963 bits per heavy atom. The predicted molar refractivity (Wildman–Crippen MR) is 103 cm³/mol. The molecule has 0 amide bonds. The number of aliphatic hydroxyl groups excluding tert-OH is 3. The zero-order chi connectivity index (χ0) is 19.6. The van der Waals surface area contributed by atoms with Crippen molar-refractivity contribution >= 4 is 33.4 Å². The van der Waals surface area contributed by atoms with Crippen molar-refractivity contribution in [1.29, 1.82) is 5.26 Å². The predicted octanol–water partition coefficient (Wildman–Crippen LogP) is 1.64. The quantitative estimate of drug-likeness (QED) is 0.679. The molecule has 1 fully saturated rings. The Hall–Kier alpha value is -1.54. The van der Waals surface area contributed by atoms with Crippen LogP contribution in [0.4, 0.5) is 0 Å². The second-order valence-corrected chi connectivity index (χ2v) is 10.6. The molecule has 1 saturated heterocycles. The molecule has 3 rings (SSSR count). The van der Waals surface area contributed by atoms with Gasteiger partial charge in [0.25, 0.3) is 0 Å².